The van der Waals surface area contributed by atoms with Crippen molar-refractivity contribution in [3.63, 3.8) is 0 Å². The number of pyridine rings is 1. The van der Waals surface area contributed by atoms with Crippen molar-refractivity contribution in [1.29, 1.82) is 0 Å². The summed E-state index contributed by atoms with van der Waals surface area (Å²) in [5.41, 5.74) is 2.28. The lowest BCUT2D eigenvalue weighted by Crippen LogP contribution is -2.29. The van der Waals surface area contributed by atoms with Gasteiger partial charge in [-0.2, -0.15) is 4.31 Å². The summed E-state index contributed by atoms with van der Waals surface area (Å²) in [6.45, 7) is 1.74. The highest BCUT2D eigenvalue weighted by Crippen LogP contribution is 2.32. The largest absolute Gasteiger partial charge is 0.308 e. The van der Waals surface area contributed by atoms with E-state index >= 15 is 0 Å². The highest BCUT2D eigenvalue weighted by molar-refractivity contribution is 7.89. The third-order valence-corrected chi connectivity index (χ3v) is 6.72. The lowest BCUT2D eigenvalue weighted by Gasteiger charge is -2.19. The number of amides is 1. The number of carbonyl (C=O) groups is 1. The molecule has 25 heavy (non-hydrogen) atoms. The van der Waals surface area contributed by atoms with Gasteiger partial charge >= 0.3 is 0 Å². The number of anilines is 1. The van der Waals surface area contributed by atoms with Crippen LogP contribution in [-0.4, -0.2) is 43.2 Å². The van der Waals surface area contributed by atoms with E-state index in [2.05, 4.69) is 4.98 Å². The Hall–Kier alpha value is -2.25. The summed E-state index contributed by atoms with van der Waals surface area (Å²) in [5, 5.41) is 0. The zero-order valence-electron chi connectivity index (χ0n) is 13.8. The number of carbonyl (C=O) groups excluding carboxylic acids is 1. The zero-order chi connectivity index (χ0) is 17.4. The second-order valence-electron chi connectivity index (χ2n) is 6.34. The van der Waals surface area contributed by atoms with Gasteiger partial charge < -0.3 is 4.90 Å². The molecule has 0 atom stereocenters. The van der Waals surface area contributed by atoms with Crippen LogP contribution in [0.2, 0.25) is 0 Å². The van der Waals surface area contributed by atoms with E-state index in [4.69, 9.17) is 0 Å². The second-order valence-corrected chi connectivity index (χ2v) is 8.28. The van der Waals surface area contributed by atoms with Gasteiger partial charge in [-0.25, -0.2) is 8.42 Å². The average molecular weight is 357 g/mol. The maximum absolute atomic E-state index is 12.7. The van der Waals surface area contributed by atoms with Crippen LogP contribution in [0.15, 0.2) is 47.6 Å². The van der Waals surface area contributed by atoms with Crippen molar-refractivity contribution in [3.05, 3.63) is 53.9 Å². The van der Waals surface area contributed by atoms with Crippen molar-refractivity contribution in [2.24, 2.45) is 0 Å². The quantitative estimate of drug-likeness (QED) is 0.843. The van der Waals surface area contributed by atoms with Gasteiger partial charge in [-0.1, -0.05) is 0 Å². The molecular formula is C18H19N3O3S. The van der Waals surface area contributed by atoms with Crippen molar-refractivity contribution < 1.29 is 13.2 Å². The molecule has 1 aromatic carbocycles. The molecule has 0 radical (unpaired) electrons. The molecule has 3 heterocycles. The summed E-state index contributed by atoms with van der Waals surface area (Å²) >= 11 is 0. The van der Waals surface area contributed by atoms with E-state index in [1.54, 1.807) is 51.9 Å². The summed E-state index contributed by atoms with van der Waals surface area (Å²) in [5.74, 6) is -0.0868. The number of fused-ring (bicyclic) bond motifs is 1. The summed E-state index contributed by atoms with van der Waals surface area (Å²) < 4.78 is 27.0. The average Bonchev–Trinajstić information content (AvgIpc) is 3.31. The van der Waals surface area contributed by atoms with Crippen LogP contribution in [0.4, 0.5) is 5.69 Å². The van der Waals surface area contributed by atoms with Crippen LogP contribution in [0, 0.1) is 0 Å². The minimum Gasteiger partial charge on any atom is -0.308 e. The maximum atomic E-state index is 12.7. The Morgan fingerprint density at radius 1 is 1.00 bits per heavy atom. The molecule has 4 rings (SSSR count). The Morgan fingerprint density at radius 3 is 2.44 bits per heavy atom. The molecule has 6 nitrogen and oxygen atoms in total. The third-order valence-electron chi connectivity index (χ3n) is 4.82. The molecule has 2 aromatic rings. The second kappa shape index (κ2) is 6.24. The van der Waals surface area contributed by atoms with Crippen molar-refractivity contribution >= 4 is 21.6 Å². The van der Waals surface area contributed by atoms with Gasteiger partial charge in [0.1, 0.15) is 0 Å². The monoisotopic (exact) mass is 357 g/mol. The van der Waals surface area contributed by atoms with E-state index in [-0.39, 0.29) is 5.91 Å². The molecule has 0 N–H and O–H groups in total. The van der Waals surface area contributed by atoms with Gasteiger partial charge in [-0.15, -0.1) is 0 Å². The Balaban J connectivity index is 1.64. The van der Waals surface area contributed by atoms with Crippen molar-refractivity contribution in [2.75, 3.05) is 24.5 Å². The van der Waals surface area contributed by atoms with Crippen LogP contribution < -0.4 is 4.90 Å². The predicted octanol–water partition coefficient (Wildman–Crippen LogP) is 2.07. The molecule has 0 aliphatic carbocycles. The smallest absolute Gasteiger partial charge is 0.258 e. The SMILES string of the molecule is O=C(c1ccncc1)N1CCc2cc(S(=O)(=O)N3CCCC3)ccc21. The van der Waals surface area contributed by atoms with Gasteiger partial charge in [0.25, 0.3) is 5.91 Å². The van der Waals surface area contributed by atoms with Gasteiger partial charge in [0.15, 0.2) is 0 Å². The number of benzene rings is 1. The molecule has 1 amide bonds. The maximum Gasteiger partial charge on any atom is 0.258 e. The summed E-state index contributed by atoms with van der Waals surface area (Å²) in [6.07, 6.45) is 5.68. The first-order valence-electron chi connectivity index (χ1n) is 8.42. The van der Waals surface area contributed by atoms with Crippen LogP contribution in [0.3, 0.4) is 0 Å². The van der Waals surface area contributed by atoms with Crippen LogP contribution in [0.5, 0.6) is 0 Å². The lowest BCUT2D eigenvalue weighted by atomic mass is 10.1. The topological polar surface area (TPSA) is 70.6 Å². The molecule has 1 aromatic heterocycles. The van der Waals surface area contributed by atoms with E-state index in [1.165, 1.54) is 0 Å². The molecule has 7 heteroatoms. The number of nitrogens with zero attached hydrogens (tertiary/aromatic N) is 3. The molecule has 0 bridgehead atoms. The van der Waals surface area contributed by atoms with E-state index in [0.717, 1.165) is 24.1 Å². The van der Waals surface area contributed by atoms with Crippen molar-refractivity contribution in [3.8, 4) is 0 Å². The number of rotatable bonds is 3. The molecular weight excluding hydrogens is 338 g/mol. The molecule has 2 aliphatic heterocycles. The first-order chi connectivity index (χ1) is 12.1. The highest BCUT2D eigenvalue weighted by atomic mass is 32.2. The molecule has 1 saturated heterocycles. The predicted molar refractivity (Wildman–Crippen MR) is 94.1 cm³/mol. The first-order valence-corrected chi connectivity index (χ1v) is 9.86. The van der Waals surface area contributed by atoms with Crippen molar-refractivity contribution in [1.82, 2.24) is 9.29 Å². The fourth-order valence-corrected chi connectivity index (χ4v) is 5.05. The fraction of sp³-hybridized carbons (Fsp3) is 0.333. The Labute approximate surface area is 147 Å². The first kappa shape index (κ1) is 16.2. The molecule has 130 valence electrons. The minimum absolute atomic E-state index is 0.0868. The zero-order valence-corrected chi connectivity index (χ0v) is 14.6. The summed E-state index contributed by atoms with van der Waals surface area (Å²) in [6, 6.07) is 8.47. The highest BCUT2D eigenvalue weighted by Gasteiger charge is 2.30. The van der Waals surface area contributed by atoms with Crippen molar-refractivity contribution in [2.45, 2.75) is 24.2 Å². The number of sulfonamides is 1. The van der Waals surface area contributed by atoms with E-state index in [1.807, 2.05) is 0 Å². The van der Waals surface area contributed by atoms with Crippen LogP contribution >= 0.6 is 0 Å². The van der Waals surface area contributed by atoms with E-state index < -0.39 is 10.0 Å². The van der Waals surface area contributed by atoms with Gasteiger partial charge in [0.2, 0.25) is 10.0 Å². The van der Waals surface area contributed by atoms with E-state index in [9.17, 15) is 13.2 Å². The minimum atomic E-state index is -3.43. The van der Waals surface area contributed by atoms with E-state index in [0.29, 0.717) is 36.5 Å². The molecule has 2 aliphatic rings. The standard InChI is InChI=1S/C18H19N3O3S/c22-18(14-5-8-19-9-6-14)21-12-7-15-13-16(3-4-17(15)21)25(23,24)20-10-1-2-11-20/h3-6,8-9,13H,1-2,7,10-12H2. The third kappa shape index (κ3) is 2.83. The molecule has 1 fully saturated rings. The number of hydrogen-bond acceptors (Lipinski definition) is 4. The van der Waals surface area contributed by atoms with Gasteiger partial charge in [-0.3, -0.25) is 9.78 Å². The number of hydrogen-bond donors (Lipinski definition) is 0. The lowest BCUT2D eigenvalue weighted by molar-refractivity contribution is 0.0989. The van der Waals surface area contributed by atoms with Crippen LogP contribution in [-0.2, 0) is 16.4 Å². The molecule has 0 unspecified atom stereocenters. The fourth-order valence-electron chi connectivity index (χ4n) is 3.48. The number of aromatic nitrogens is 1. The van der Waals surface area contributed by atoms with Gasteiger partial charge in [0.05, 0.1) is 4.90 Å². The van der Waals surface area contributed by atoms with Gasteiger partial charge in [-0.05, 0) is 55.2 Å². The molecule has 0 spiro atoms. The van der Waals surface area contributed by atoms with Crippen LogP contribution in [0.1, 0.15) is 28.8 Å². The Bertz CT molecular complexity index is 906. The van der Waals surface area contributed by atoms with Gasteiger partial charge in [0, 0.05) is 43.3 Å². The summed E-state index contributed by atoms with van der Waals surface area (Å²) in [4.78, 5) is 18.6. The molecule has 0 saturated carbocycles. The summed E-state index contributed by atoms with van der Waals surface area (Å²) in [7, 11) is -3.43. The Morgan fingerprint density at radius 2 is 1.72 bits per heavy atom. The van der Waals surface area contributed by atoms with Crippen LogP contribution in [0.25, 0.3) is 0 Å². The Kier molecular flexibility index (Phi) is 4.05. The normalized spacial score (nSPS) is 17.7.